The van der Waals surface area contributed by atoms with E-state index in [0.29, 0.717) is 5.96 Å². The molecule has 0 saturated heterocycles. The number of nitrogens with two attached hydrogens (primary N) is 1. The molecule has 3 nitrogen and oxygen atoms in total. The highest BCUT2D eigenvalue weighted by atomic mass is 15.2. The van der Waals surface area contributed by atoms with Crippen LogP contribution in [0.5, 0.6) is 0 Å². The van der Waals surface area contributed by atoms with Crippen LogP contribution in [0.3, 0.4) is 0 Å². The van der Waals surface area contributed by atoms with Crippen LogP contribution in [0.25, 0.3) is 0 Å². The molecule has 14 heavy (non-hydrogen) atoms. The molecule has 3 heteroatoms. The minimum Gasteiger partial charge on any atom is -0.370 e. The Morgan fingerprint density at radius 2 is 1.71 bits per heavy atom. The van der Waals surface area contributed by atoms with Crippen molar-refractivity contribution in [2.45, 2.75) is 13.8 Å². The van der Waals surface area contributed by atoms with Gasteiger partial charge < -0.3 is 10.6 Å². The normalized spacial score (nSPS) is 11.6. The molecule has 1 aromatic rings. The molecule has 0 aromatic heterocycles. The van der Waals surface area contributed by atoms with Crippen molar-refractivity contribution in [1.82, 2.24) is 0 Å². The van der Waals surface area contributed by atoms with E-state index in [1.807, 2.05) is 11.9 Å². The first-order valence-electron chi connectivity index (χ1n) is 4.59. The highest BCUT2D eigenvalue weighted by Gasteiger charge is 2.04. The maximum Gasteiger partial charge on any atom is 0.195 e. The Morgan fingerprint density at radius 3 is 2.14 bits per heavy atom. The molecular formula is C11H17N3. The van der Waals surface area contributed by atoms with Gasteiger partial charge >= 0.3 is 0 Å². The highest BCUT2D eigenvalue weighted by Crippen LogP contribution is 2.16. The van der Waals surface area contributed by atoms with Gasteiger partial charge in [0.15, 0.2) is 5.96 Å². The van der Waals surface area contributed by atoms with Gasteiger partial charge in [-0.25, -0.2) is 0 Å². The lowest BCUT2D eigenvalue weighted by Crippen LogP contribution is -2.33. The minimum atomic E-state index is 0.523. The van der Waals surface area contributed by atoms with Gasteiger partial charge in [0, 0.05) is 19.8 Å². The lowest BCUT2D eigenvalue weighted by atomic mass is 10.1. The number of aliphatic imine (C=N–C) groups is 1. The predicted molar refractivity (Wildman–Crippen MR) is 61.9 cm³/mol. The first-order valence-corrected chi connectivity index (χ1v) is 4.59. The van der Waals surface area contributed by atoms with E-state index in [1.165, 1.54) is 11.1 Å². The van der Waals surface area contributed by atoms with Crippen LogP contribution in [-0.2, 0) is 0 Å². The molecule has 76 valence electrons. The summed E-state index contributed by atoms with van der Waals surface area (Å²) in [5.41, 5.74) is 9.26. The molecule has 1 aromatic carbocycles. The fourth-order valence-corrected chi connectivity index (χ4v) is 1.43. The molecule has 2 N–H and O–H groups in total. The summed E-state index contributed by atoms with van der Waals surface area (Å²) in [7, 11) is 3.60. The van der Waals surface area contributed by atoms with E-state index in [1.54, 1.807) is 7.05 Å². The number of hydrogen-bond acceptors (Lipinski definition) is 1. The second kappa shape index (κ2) is 4.13. The maximum absolute atomic E-state index is 5.72. The molecule has 0 heterocycles. The molecule has 0 aliphatic carbocycles. The van der Waals surface area contributed by atoms with Crippen LogP contribution >= 0.6 is 0 Å². The fraction of sp³-hybridized carbons (Fsp3) is 0.364. The fourth-order valence-electron chi connectivity index (χ4n) is 1.43. The van der Waals surface area contributed by atoms with Crippen molar-refractivity contribution in [2.24, 2.45) is 10.7 Å². The van der Waals surface area contributed by atoms with Gasteiger partial charge in [0.05, 0.1) is 0 Å². The first kappa shape index (κ1) is 10.6. The minimum absolute atomic E-state index is 0.523. The first-order chi connectivity index (χ1) is 6.54. The van der Waals surface area contributed by atoms with E-state index < -0.39 is 0 Å². The van der Waals surface area contributed by atoms with E-state index >= 15 is 0 Å². The molecule has 0 bridgehead atoms. The van der Waals surface area contributed by atoms with E-state index in [9.17, 15) is 0 Å². The Labute approximate surface area is 85.3 Å². The lowest BCUT2D eigenvalue weighted by molar-refractivity contribution is 1.19. The number of hydrogen-bond donors (Lipinski definition) is 1. The predicted octanol–water partition coefficient (Wildman–Crippen LogP) is 1.68. The number of anilines is 1. The van der Waals surface area contributed by atoms with Gasteiger partial charge in [-0.3, -0.25) is 4.99 Å². The summed E-state index contributed by atoms with van der Waals surface area (Å²) in [6.07, 6.45) is 0. The molecule has 0 atom stereocenters. The number of aryl methyl sites for hydroxylation is 2. The van der Waals surface area contributed by atoms with E-state index in [0.717, 1.165) is 5.69 Å². The van der Waals surface area contributed by atoms with Crippen molar-refractivity contribution in [3.05, 3.63) is 29.3 Å². The standard InChI is InChI=1S/C11H17N3/c1-8-5-9(2)7-10(6-8)14(4)11(12)13-3/h5-7H,1-4H3,(H2,12,13). The molecule has 0 unspecified atom stereocenters. The topological polar surface area (TPSA) is 41.6 Å². The van der Waals surface area contributed by atoms with Gasteiger partial charge in [0.1, 0.15) is 0 Å². The van der Waals surface area contributed by atoms with Crippen molar-refractivity contribution in [3.63, 3.8) is 0 Å². The van der Waals surface area contributed by atoms with Crippen molar-refractivity contribution < 1.29 is 0 Å². The second-order valence-electron chi connectivity index (χ2n) is 3.49. The van der Waals surface area contributed by atoms with E-state index in [2.05, 4.69) is 37.0 Å². The molecule has 0 radical (unpaired) electrons. The Bertz CT molecular complexity index is 335. The molecule has 1 rings (SSSR count). The third-order valence-corrected chi connectivity index (χ3v) is 2.17. The zero-order valence-corrected chi connectivity index (χ0v) is 9.20. The third-order valence-electron chi connectivity index (χ3n) is 2.17. The average Bonchev–Trinajstić information content (AvgIpc) is 2.14. The quantitative estimate of drug-likeness (QED) is 0.542. The van der Waals surface area contributed by atoms with Crippen LogP contribution in [0.1, 0.15) is 11.1 Å². The largest absolute Gasteiger partial charge is 0.370 e. The summed E-state index contributed by atoms with van der Waals surface area (Å²) in [5.74, 6) is 0.523. The van der Waals surface area contributed by atoms with Crippen LogP contribution in [0, 0.1) is 13.8 Å². The number of rotatable bonds is 1. The number of guanidine groups is 1. The van der Waals surface area contributed by atoms with Gasteiger partial charge in [-0.05, 0) is 37.1 Å². The van der Waals surface area contributed by atoms with Gasteiger partial charge in [-0.1, -0.05) is 6.07 Å². The Morgan fingerprint density at radius 1 is 1.21 bits per heavy atom. The SMILES string of the molecule is CN=C(N)N(C)c1cc(C)cc(C)c1. The molecule has 0 amide bonds. The van der Waals surface area contributed by atoms with Crippen LogP contribution in [0.15, 0.2) is 23.2 Å². The Hall–Kier alpha value is -1.51. The molecule has 0 aliphatic heterocycles. The van der Waals surface area contributed by atoms with E-state index in [-0.39, 0.29) is 0 Å². The maximum atomic E-state index is 5.72. The van der Waals surface area contributed by atoms with Crippen molar-refractivity contribution in [1.29, 1.82) is 0 Å². The van der Waals surface area contributed by atoms with Crippen LogP contribution in [0.4, 0.5) is 5.69 Å². The van der Waals surface area contributed by atoms with Gasteiger partial charge in [0.25, 0.3) is 0 Å². The lowest BCUT2D eigenvalue weighted by Gasteiger charge is -2.18. The zero-order chi connectivity index (χ0) is 10.7. The zero-order valence-electron chi connectivity index (χ0n) is 9.20. The van der Waals surface area contributed by atoms with Crippen LogP contribution in [-0.4, -0.2) is 20.1 Å². The monoisotopic (exact) mass is 191 g/mol. The summed E-state index contributed by atoms with van der Waals surface area (Å²) in [6.45, 7) is 4.15. The molecular weight excluding hydrogens is 174 g/mol. The summed E-state index contributed by atoms with van der Waals surface area (Å²) in [5, 5.41) is 0. The molecule has 0 aliphatic rings. The van der Waals surface area contributed by atoms with Gasteiger partial charge in [-0.2, -0.15) is 0 Å². The summed E-state index contributed by atoms with van der Waals surface area (Å²) >= 11 is 0. The van der Waals surface area contributed by atoms with Crippen LogP contribution in [0.2, 0.25) is 0 Å². The molecule has 0 saturated carbocycles. The summed E-state index contributed by atoms with van der Waals surface area (Å²) < 4.78 is 0. The average molecular weight is 191 g/mol. The Balaban J connectivity index is 3.07. The number of nitrogens with zero attached hydrogens (tertiary/aromatic N) is 2. The Kier molecular flexibility index (Phi) is 3.12. The summed E-state index contributed by atoms with van der Waals surface area (Å²) in [4.78, 5) is 5.82. The van der Waals surface area contributed by atoms with Crippen molar-refractivity contribution in [3.8, 4) is 0 Å². The van der Waals surface area contributed by atoms with Crippen molar-refractivity contribution in [2.75, 3.05) is 19.0 Å². The smallest absolute Gasteiger partial charge is 0.195 e. The molecule has 0 fully saturated rings. The van der Waals surface area contributed by atoms with Gasteiger partial charge in [-0.15, -0.1) is 0 Å². The number of benzene rings is 1. The third kappa shape index (κ3) is 2.25. The van der Waals surface area contributed by atoms with Crippen molar-refractivity contribution >= 4 is 11.6 Å². The van der Waals surface area contributed by atoms with Crippen LogP contribution < -0.4 is 10.6 Å². The highest BCUT2D eigenvalue weighted by molar-refractivity contribution is 5.94. The molecule has 0 spiro atoms. The second-order valence-corrected chi connectivity index (χ2v) is 3.49. The van der Waals surface area contributed by atoms with E-state index in [4.69, 9.17) is 5.73 Å². The van der Waals surface area contributed by atoms with Gasteiger partial charge in [0.2, 0.25) is 0 Å². The summed E-state index contributed by atoms with van der Waals surface area (Å²) in [6, 6.07) is 6.31.